The number of nitrogens with zero attached hydrogens (tertiary/aromatic N) is 1. The van der Waals surface area contributed by atoms with E-state index < -0.39 is 0 Å². The number of benzene rings is 12. The van der Waals surface area contributed by atoms with Crippen molar-refractivity contribution in [2.75, 3.05) is 0 Å². The lowest BCUT2D eigenvalue weighted by molar-refractivity contribution is 1.33. The average molecular weight is 922 g/mol. The Balaban J connectivity index is 0.000000112. The van der Waals surface area contributed by atoms with Gasteiger partial charge in [-0.1, -0.05) is 309 Å². The van der Waals surface area contributed by atoms with E-state index in [1.54, 1.807) is 0 Å². The summed E-state index contributed by atoms with van der Waals surface area (Å²) in [5.74, 6) is 0. The van der Waals surface area contributed by atoms with Crippen molar-refractivity contribution in [3.05, 3.63) is 334 Å². The van der Waals surface area contributed by atoms with Crippen molar-refractivity contribution in [3.8, 4) is 55.8 Å². The largest absolute Gasteiger partial charge is 0.256 e. The number of pyridine rings is 1. The predicted molar refractivity (Wildman–Crippen MR) is 310 cm³/mol. The molecule has 0 amide bonds. The van der Waals surface area contributed by atoms with Crippen molar-refractivity contribution in [3.63, 3.8) is 0 Å². The molecule has 0 aliphatic rings. The van der Waals surface area contributed by atoms with Crippen LogP contribution in [0, 0.1) is 0 Å². The zero-order valence-electron chi connectivity index (χ0n) is 40.2. The minimum absolute atomic E-state index is 1.03. The second-order valence-corrected chi connectivity index (χ2v) is 17.0. The highest BCUT2D eigenvalue weighted by molar-refractivity contribution is 5.97. The number of aromatic nitrogens is 1. The molecular formula is C71H55N. The van der Waals surface area contributed by atoms with Crippen molar-refractivity contribution in [2.24, 2.45) is 0 Å². The lowest BCUT2D eigenvalue weighted by atomic mass is 9.98. The van der Waals surface area contributed by atoms with Gasteiger partial charge in [0, 0.05) is 11.8 Å². The van der Waals surface area contributed by atoms with Gasteiger partial charge in [0.15, 0.2) is 0 Å². The molecule has 0 radical (unpaired) electrons. The molecule has 1 heterocycles. The molecule has 0 spiro atoms. The maximum Gasteiger partial charge on any atom is 0.0701 e. The summed E-state index contributed by atoms with van der Waals surface area (Å²) in [6, 6.07) is 113. The fraction of sp³-hybridized carbons (Fsp3) is 0. The molecule has 344 valence electrons. The summed E-state index contributed by atoms with van der Waals surface area (Å²) < 4.78 is 0. The maximum atomic E-state index is 4.25. The summed E-state index contributed by atoms with van der Waals surface area (Å²) in [5.41, 5.74) is 12.5. The number of hydrogen-bond donors (Lipinski definition) is 0. The van der Waals surface area contributed by atoms with Gasteiger partial charge in [0.1, 0.15) is 0 Å². The SMILES string of the molecule is c1ccc(-c2ccc3ccccc3c2)cc1.c1ccc(-c2cccc3ccccc23)cc1.c1ccc(-c2cccc3ccccc23)cc1.c1ccc(-c2ccccc2)cc1.c1ccc(-c2ccccn2)cc1. The van der Waals surface area contributed by atoms with Gasteiger partial charge in [-0.15, -0.1) is 0 Å². The quantitative estimate of drug-likeness (QED) is 0.168. The highest BCUT2D eigenvalue weighted by atomic mass is 14.7. The van der Waals surface area contributed by atoms with E-state index in [2.05, 4.69) is 278 Å². The van der Waals surface area contributed by atoms with Crippen LogP contribution < -0.4 is 0 Å². The van der Waals surface area contributed by atoms with Crippen LogP contribution in [0.1, 0.15) is 0 Å². The minimum Gasteiger partial charge on any atom is -0.256 e. The van der Waals surface area contributed by atoms with E-state index in [1.807, 2.05) is 60.8 Å². The van der Waals surface area contributed by atoms with Gasteiger partial charge in [0.05, 0.1) is 5.69 Å². The highest BCUT2D eigenvalue weighted by Gasteiger charge is 2.03. The monoisotopic (exact) mass is 921 g/mol. The number of rotatable bonds is 5. The van der Waals surface area contributed by atoms with Gasteiger partial charge in [-0.3, -0.25) is 4.98 Å². The molecule has 0 fully saturated rings. The zero-order chi connectivity index (χ0) is 48.8. The van der Waals surface area contributed by atoms with E-state index >= 15 is 0 Å². The Bertz CT molecular complexity index is 3350. The van der Waals surface area contributed by atoms with Crippen molar-refractivity contribution in [1.82, 2.24) is 4.98 Å². The van der Waals surface area contributed by atoms with Gasteiger partial charge in [-0.2, -0.15) is 0 Å². The van der Waals surface area contributed by atoms with Crippen LogP contribution in [0.4, 0.5) is 0 Å². The van der Waals surface area contributed by atoms with E-state index in [1.165, 1.54) is 76.8 Å². The minimum atomic E-state index is 1.03. The highest BCUT2D eigenvalue weighted by Crippen LogP contribution is 2.30. The van der Waals surface area contributed by atoms with Crippen LogP contribution >= 0.6 is 0 Å². The second-order valence-electron chi connectivity index (χ2n) is 17.0. The van der Waals surface area contributed by atoms with Crippen LogP contribution in [0.3, 0.4) is 0 Å². The molecule has 0 aliphatic carbocycles. The molecule has 0 unspecified atom stereocenters. The standard InChI is InChI=1S/3C16H12.C12H10.C11H9N/c2*1-2-7-13(8-3-1)16-12-6-10-14-9-4-5-11-15(14)16;1-2-6-13(7-3-1)16-11-10-14-8-4-5-9-15(14)12-16;1-3-7-11(8-4-1)12-9-5-2-6-10-12;1-2-6-10(7-3-1)11-8-4-5-9-12-11/h3*1-12H;1-10H;1-9H. The molecule has 0 saturated carbocycles. The summed E-state index contributed by atoms with van der Waals surface area (Å²) in [4.78, 5) is 4.25. The Hall–Kier alpha value is -9.43. The van der Waals surface area contributed by atoms with Gasteiger partial charge in [-0.05, 0) is 95.0 Å². The van der Waals surface area contributed by atoms with E-state index in [9.17, 15) is 0 Å². The van der Waals surface area contributed by atoms with Crippen LogP contribution in [0.25, 0.3) is 88.1 Å². The van der Waals surface area contributed by atoms with E-state index in [0.29, 0.717) is 0 Å². The molecule has 0 N–H and O–H groups in total. The summed E-state index contributed by atoms with van der Waals surface area (Å²) in [5, 5.41) is 7.81. The fourth-order valence-corrected chi connectivity index (χ4v) is 8.59. The molecule has 1 heteroatoms. The molecule has 72 heavy (non-hydrogen) atoms. The first-order valence-corrected chi connectivity index (χ1v) is 24.4. The molecule has 12 aromatic carbocycles. The topological polar surface area (TPSA) is 12.9 Å². The molecule has 0 atom stereocenters. The number of hydrogen-bond acceptors (Lipinski definition) is 1. The molecule has 0 bridgehead atoms. The summed E-state index contributed by atoms with van der Waals surface area (Å²) in [6.07, 6.45) is 1.81. The molecule has 0 saturated heterocycles. The lowest BCUT2D eigenvalue weighted by Crippen LogP contribution is -1.79. The Labute approximate surface area is 424 Å². The van der Waals surface area contributed by atoms with E-state index in [-0.39, 0.29) is 0 Å². The van der Waals surface area contributed by atoms with Gasteiger partial charge in [0.2, 0.25) is 0 Å². The Morgan fingerprint density at radius 2 is 0.514 bits per heavy atom. The third-order valence-corrected chi connectivity index (χ3v) is 12.2. The molecule has 13 aromatic rings. The van der Waals surface area contributed by atoms with Crippen LogP contribution in [-0.4, -0.2) is 4.98 Å². The Morgan fingerprint density at radius 1 is 0.181 bits per heavy atom. The van der Waals surface area contributed by atoms with Crippen molar-refractivity contribution < 1.29 is 0 Å². The average Bonchev–Trinajstić information content (AvgIpc) is 3.49. The predicted octanol–water partition coefficient (Wildman–Crippen LogP) is 19.6. The summed E-state index contributed by atoms with van der Waals surface area (Å²) >= 11 is 0. The molecule has 13 rings (SSSR count). The van der Waals surface area contributed by atoms with Gasteiger partial charge in [-0.25, -0.2) is 0 Å². The van der Waals surface area contributed by atoms with E-state index in [4.69, 9.17) is 0 Å². The second kappa shape index (κ2) is 25.3. The van der Waals surface area contributed by atoms with Gasteiger partial charge >= 0.3 is 0 Å². The normalized spacial score (nSPS) is 10.2. The third kappa shape index (κ3) is 13.0. The van der Waals surface area contributed by atoms with Crippen molar-refractivity contribution in [1.29, 1.82) is 0 Å². The molecule has 1 aromatic heterocycles. The maximum absolute atomic E-state index is 4.25. The Kier molecular flexibility index (Phi) is 16.7. The van der Waals surface area contributed by atoms with Crippen LogP contribution in [0.2, 0.25) is 0 Å². The third-order valence-electron chi connectivity index (χ3n) is 12.2. The lowest BCUT2D eigenvalue weighted by Gasteiger charge is -2.06. The summed E-state index contributed by atoms with van der Waals surface area (Å²) in [7, 11) is 0. The molecule has 1 nitrogen and oxygen atoms in total. The zero-order valence-corrected chi connectivity index (χ0v) is 40.2. The Morgan fingerprint density at radius 3 is 0.944 bits per heavy atom. The van der Waals surface area contributed by atoms with Crippen molar-refractivity contribution >= 4 is 32.3 Å². The van der Waals surface area contributed by atoms with E-state index in [0.717, 1.165) is 11.3 Å². The van der Waals surface area contributed by atoms with Crippen LogP contribution in [0.15, 0.2) is 334 Å². The van der Waals surface area contributed by atoms with Crippen LogP contribution in [0.5, 0.6) is 0 Å². The smallest absolute Gasteiger partial charge is 0.0701 e. The number of fused-ring (bicyclic) bond motifs is 3. The van der Waals surface area contributed by atoms with Crippen LogP contribution in [-0.2, 0) is 0 Å². The molecular weight excluding hydrogens is 867 g/mol. The first-order valence-electron chi connectivity index (χ1n) is 24.4. The van der Waals surface area contributed by atoms with Gasteiger partial charge < -0.3 is 0 Å². The van der Waals surface area contributed by atoms with Gasteiger partial charge in [0.25, 0.3) is 0 Å². The van der Waals surface area contributed by atoms with Crippen molar-refractivity contribution in [2.45, 2.75) is 0 Å². The first kappa shape index (κ1) is 47.6. The fourth-order valence-electron chi connectivity index (χ4n) is 8.59. The summed E-state index contributed by atoms with van der Waals surface area (Å²) in [6.45, 7) is 0. The molecule has 0 aliphatic heterocycles. The first-order chi connectivity index (χ1) is 35.8.